The highest BCUT2D eigenvalue weighted by atomic mass is 33.2. The molecule has 2 heterocycles. The van der Waals surface area contributed by atoms with Gasteiger partial charge in [-0.1, -0.05) is 5.92 Å². The van der Waals surface area contributed by atoms with E-state index in [0.717, 1.165) is 7.05 Å². The summed E-state index contributed by atoms with van der Waals surface area (Å²) < 4.78 is 70.5. The number of nitrogens with zero attached hydrogens (tertiary/aromatic N) is 2. The summed E-state index contributed by atoms with van der Waals surface area (Å²) in [5.41, 5.74) is 1.44. The van der Waals surface area contributed by atoms with Gasteiger partial charge in [0.05, 0.1) is 6.20 Å². The van der Waals surface area contributed by atoms with Crippen LogP contribution < -0.4 is 14.2 Å². The molecule has 2 rings (SSSR count). The fourth-order valence-corrected chi connectivity index (χ4v) is 4.17. The van der Waals surface area contributed by atoms with Gasteiger partial charge in [0, 0.05) is 18.8 Å². The highest BCUT2D eigenvalue weighted by molar-refractivity contribution is 8.66. The predicted octanol–water partition coefficient (Wildman–Crippen LogP) is 1.12. The molecule has 0 radical (unpaired) electrons. The molecule has 0 unspecified atom stereocenters. The van der Waals surface area contributed by atoms with Gasteiger partial charge >= 0.3 is 18.1 Å². The Bertz CT molecular complexity index is 1170. The first-order valence-corrected chi connectivity index (χ1v) is 11.7. The molecule has 29 heavy (non-hydrogen) atoms. The standard InChI is InChI=1S/C17H19FN4O5S2/c1-4-5-8-27-15-11-20-10-14(12(15)2)9-13-6-7-21-17(16(13)18)22-29(25,26)28(23,24)19-3/h6-7,10-11,19H,8-9H2,1-3H3,(H,21,22). The van der Waals surface area contributed by atoms with Crippen LogP contribution in [0, 0.1) is 24.6 Å². The molecule has 0 amide bonds. The second kappa shape index (κ2) is 9.17. The Kier molecular flexibility index (Phi) is 7.12. The minimum Gasteiger partial charge on any atom is -0.479 e. The topological polar surface area (TPSA) is 127 Å². The third-order valence-corrected chi connectivity index (χ3v) is 7.86. The lowest BCUT2D eigenvalue weighted by molar-refractivity contribution is 0.365. The molecule has 9 nitrogen and oxygen atoms in total. The predicted molar refractivity (Wildman–Crippen MR) is 105 cm³/mol. The van der Waals surface area contributed by atoms with E-state index in [4.69, 9.17) is 4.74 Å². The maximum atomic E-state index is 14.8. The van der Waals surface area contributed by atoms with Gasteiger partial charge in [-0.3, -0.25) is 9.71 Å². The van der Waals surface area contributed by atoms with E-state index in [1.807, 2.05) is 0 Å². The van der Waals surface area contributed by atoms with E-state index in [0.29, 0.717) is 16.9 Å². The smallest absolute Gasteiger partial charge is 0.354 e. The minimum absolute atomic E-state index is 0.0529. The van der Waals surface area contributed by atoms with E-state index in [-0.39, 0.29) is 18.6 Å². The van der Waals surface area contributed by atoms with Crippen molar-refractivity contribution in [2.75, 3.05) is 18.4 Å². The van der Waals surface area contributed by atoms with Gasteiger partial charge < -0.3 is 4.74 Å². The van der Waals surface area contributed by atoms with Crippen molar-refractivity contribution >= 4 is 23.9 Å². The van der Waals surface area contributed by atoms with Crippen LogP contribution in [0.3, 0.4) is 0 Å². The number of hydrogen-bond donors (Lipinski definition) is 2. The Morgan fingerprint density at radius 1 is 1.17 bits per heavy atom. The molecule has 0 atom stereocenters. The van der Waals surface area contributed by atoms with Gasteiger partial charge in [-0.05, 0) is 43.7 Å². The molecule has 0 fully saturated rings. The number of nitrogens with one attached hydrogen (secondary N) is 2. The highest BCUT2D eigenvalue weighted by Crippen LogP contribution is 2.25. The Morgan fingerprint density at radius 2 is 1.90 bits per heavy atom. The zero-order valence-corrected chi connectivity index (χ0v) is 17.5. The largest absolute Gasteiger partial charge is 0.479 e. The molecule has 2 aromatic heterocycles. The molecule has 0 saturated carbocycles. The Hall–Kier alpha value is -2.75. The maximum absolute atomic E-state index is 14.8. The van der Waals surface area contributed by atoms with Crippen molar-refractivity contribution in [1.82, 2.24) is 14.7 Å². The van der Waals surface area contributed by atoms with Crippen LogP contribution in [0.4, 0.5) is 10.2 Å². The molecule has 0 aliphatic carbocycles. The van der Waals surface area contributed by atoms with Crippen molar-refractivity contribution in [3.63, 3.8) is 0 Å². The average molecular weight is 442 g/mol. The number of pyridine rings is 2. The lowest BCUT2D eigenvalue weighted by Crippen LogP contribution is -2.33. The van der Waals surface area contributed by atoms with Crippen molar-refractivity contribution in [2.24, 2.45) is 0 Å². The third-order valence-electron chi connectivity index (χ3n) is 3.86. The van der Waals surface area contributed by atoms with Crippen LogP contribution in [-0.4, -0.2) is 40.5 Å². The summed E-state index contributed by atoms with van der Waals surface area (Å²) in [4.78, 5) is 7.66. The first-order chi connectivity index (χ1) is 13.6. The molecule has 0 spiro atoms. The quantitative estimate of drug-likeness (QED) is 0.463. The lowest BCUT2D eigenvalue weighted by Gasteiger charge is -2.13. The molecule has 0 aromatic carbocycles. The number of halogens is 1. The van der Waals surface area contributed by atoms with E-state index in [1.54, 1.807) is 23.3 Å². The summed E-state index contributed by atoms with van der Waals surface area (Å²) in [6.45, 7) is 3.64. The second-order valence-electron chi connectivity index (χ2n) is 5.66. The van der Waals surface area contributed by atoms with Gasteiger partial charge in [-0.2, -0.15) is 16.8 Å². The van der Waals surface area contributed by atoms with Gasteiger partial charge in [0.2, 0.25) is 0 Å². The van der Waals surface area contributed by atoms with Gasteiger partial charge in [-0.15, -0.1) is 5.92 Å². The first-order valence-electron chi connectivity index (χ1n) is 8.18. The third kappa shape index (κ3) is 5.20. The van der Waals surface area contributed by atoms with Crippen LogP contribution in [-0.2, 0) is 24.5 Å². The van der Waals surface area contributed by atoms with Crippen molar-refractivity contribution in [3.05, 3.63) is 47.2 Å². The van der Waals surface area contributed by atoms with Crippen molar-refractivity contribution in [2.45, 2.75) is 20.3 Å². The zero-order chi connectivity index (χ0) is 21.7. The first kappa shape index (κ1) is 22.5. The maximum Gasteiger partial charge on any atom is 0.354 e. The van der Waals surface area contributed by atoms with Crippen molar-refractivity contribution < 1.29 is 26.0 Å². The summed E-state index contributed by atoms with van der Waals surface area (Å²) >= 11 is 0. The SMILES string of the molecule is CC#CCOc1cncc(Cc2ccnc(NS(=O)(=O)S(=O)(=O)NC)c2F)c1C. The van der Waals surface area contributed by atoms with E-state index in [2.05, 4.69) is 21.8 Å². The number of hydrogen-bond acceptors (Lipinski definition) is 7. The number of rotatable bonds is 8. The van der Waals surface area contributed by atoms with Crippen molar-refractivity contribution in [3.8, 4) is 17.6 Å². The molecule has 0 saturated heterocycles. The second-order valence-corrected chi connectivity index (χ2v) is 10.7. The molecular formula is C17H19FN4O5S2. The van der Waals surface area contributed by atoms with Crippen LogP contribution in [0.5, 0.6) is 5.75 Å². The van der Waals surface area contributed by atoms with Crippen molar-refractivity contribution in [1.29, 1.82) is 0 Å². The number of ether oxygens (including phenoxy) is 1. The molecule has 0 bridgehead atoms. The monoisotopic (exact) mass is 442 g/mol. The molecule has 0 aliphatic rings. The van der Waals surface area contributed by atoms with Crippen LogP contribution in [0.1, 0.15) is 23.6 Å². The fraction of sp³-hybridized carbons (Fsp3) is 0.294. The normalized spacial score (nSPS) is 11.4. The van der Waals surface area contributed by atoms with Crippen LogP contribution in [0.2, 0.25) is 0 Å². The van der Waals surface area contributed by atoms with Crippen LogP contribution >= 0.6 is 0 Å². The van der Waals surface area contributed by atoms with Gasteiger partial charge in [0.15, 0.2) is 11.6 Å². The molecule has 2 aromatic rings. The lowest BCUT2D eigenvalue weighted by atomic mass is 10.0. The molecule has 12 heteroatoms. The summed E-state index contributed by atoms with van der Waals surface area (Å²) in [6, 6.07) is 1.36. The Balaban J connectivity index is 2.33. The fourth-order valence-electron chi connectivity index (χ4n) is 2.24. The number of anilines is 1. The Morgan fingerprint density at radius 3 is 2.55 bits per heavy atom. The minimum atomic E-state index is -4.94. The average Bonchev–Trinajstić information content (AvgIpc) is 2.67. The van der Waals surface area contributed by atoms with Crippen LogP contribution in [0.25, 0.3) is 0 Å². The van der Waals surface area contributed by atoms with Crippen LogP contribution in [0.15, 0.2) is 24.7 Å². The molecule has 156 valence electrons. The van der Waals surface area contributed by atoms with E-state index >= 15 is 0 Å². The van der Waals surface area contributed by atoms with Gasteiger partial charge in [0.1, 0.15) is 12.4 Å². The summed E-state index contributed by atoms with van der Waals surface area (Å²) in [7, 11) is -8.76. The van der Waals surface area contributed by atoms with Gasteiger partial charge in [-0.25, -0.2) is 14.1 Å². The highest BCUT2D eigenvalue weighted by Gasteiger charge is 2.30. The van der Waals surface area contributed by atoms with E-state index in [9.17, 15) is 21.2 Å². The van der Waals surface area contributed by atoms with Gasteiger partial charge in [0.25, 0.3) is 0 Å². The summed E-state index contributed by atoms with van der Waals surface area (Å²) in [5.74, 6) is 4.23. The summed E-state index contributed by atoms with van der Waals surface area (Å²) in [5, 5.41) is 0. The number of aromatic nitrogens is 2. The molecular weight excluding hydrogens is 423 g/mol. The summed E-state index contributed by atoms with van der Waals surface area (Å²) in [6.07, 6.45) is 4.27. The zero-order valence-electron chi connectivity index (χ0n) is 15.9. The molecule has 2 N–H and O–H groups in total. The molecule has 0 aliphatic heterocycles. The van der Waals surface area contributed by atoms with E-state index < -0.39 is 29.7 Å². The van der Waals surface area contributed by atoms with E-state index in [1.165, 1.54) is 24.7 Å². The Labute approximate surface area is 168 Å².